The number of rotatable bonds is 3. The van der Waals surface area contributed by atoms with Crippen LogP contribution in [0.25, 0.3) is 0 Å². The molecule has 0 aromatic heterocycles. The van der Waals surface area contributed by atoms with Crippen LogP contribution in [0.4, 0.5) is 10.5 Å². The van der Waals surface area contributed by atoms with Gasteiger partial charge >= 0.3 is 6.09 Å². The van der Waals surface area contributed by atoms with Crippen molar-refractivity contribution in [1.29, 1.82) is 0 Å². The molecule has 5 heteroatoms. The van der Waals surface area contributed by atoms with E-state index >= 15 is 0 Å². The molecule has 1 unspecified atom stereocenters. The van der Waals surface area contributed by atoms with Crippen LogP contribution in [0.5, 0.6) is 5.75 Å². The Morgan fingerprint density at radius 2 is 2.10 bits per heavy atom. The first kappa shape index (κ1) is 14.0. The van der Waals surface area contributed by atoms with E-state index in [0.29, 0.717) is 19.7 Å². The number of ether oxygens (including phenoxy) is 2. The Bertz CT molecular complexity index is 559. The summed E-state index contributed by atoms with van der Waals surface area (Å²) in [5, 5.41) is 0. The van der Waals surface area contributed by atoms with Crippen molar-refractivity contribution in [2.45, 2.75) is 26.9 Å². The second-order valence-corrected chi connectivity index (χ2v) is 5.77. The predicted molar refractivity (Wildman–Crippen MR) is 81.1 cm³/mol. The molecule has 2 heterocycles. The van der Waals surface area contributed by atoms with Gasteiger partial charge in [0.25, 0.3) is 0 Å². The lowest BCUT2D eigenvalue weighted by Gasteiger charge is -2.33. The number of carbonyl (C=O) groups excluding carboxylic acids is 1. The highest BCUT2D eigenvalue weighted by atomic mass is 16.6. The minimum atomic E-state index is -0.198. The molecular formula is C16H22N2O3. The Labute approximate surface area is 125 Å². The predicted octanol–water partition coefficient (Wildman–Crippen LogP) is 2.34. The standard InChI is InChI=1S/C16H22N2O3/c1-4-17-9-13(21-16(17)19)10-18-5-6-20-15-12(3)7-11(2)8-14(15)18/h7-8,13H,4-6,9-10H2,1-3H3. The molecule has 0 aliphatic carbocycles. The Morgan fingerprint density at radius 1 is 1.29 bits per heavy atom. The molecule has 1 aromatic rings. The second-order valence-electron chi connectivity index (χ2n) is 5.77. The van der Waals surface area contributed by atoms with Crippen LogP contribution in [0.15, 0.2) is 12.1 Å². The Morgan fingerprint density at radius 3 is 2.81 bits per heavy atom. The number of hydrogen-bond donors (Lipinski definition) is 0. The quantitative estimate of drug-likeness (QED) is 0.857. The minimum absolute atomic E-state index is 0.0655. The van der Waals surface area contributed by atoms with Crippen molar-refractivity contribution in [2.75, 3.05) is 37.7 Å². The van der Waals surface area contributed by atoms with Gasteiger partial charge in [-0.05, 0) is 38.0 Å². The van der Waals surface area contributed by atoms with E-state index in [1.165, 1.54) is 5.56 Å². The summed E-state index contributed by atoms with van der Waals surface area (Å²) in [4.78, 5) is 15.7. The summed E-state index contributed by atoms with van der Waals surface area (Å²) >= 11 is 0. The van der Waals surface area contributed by atoms with Crippen molar-refractivity contribution in [3.63, 3.8) is 0 Å². The number of fused-ring (bicyclic) bond motifs is 1. The fourth-order valence-corrected chi connectivity index (χ4v) is 3.10. The molecule has 5 nitrogen and oxygen atoms in total. The highest BCUT2D eigenvalue weighted by Crippen LogP contribution is 2.36. The molecule has 1 amide bonds. The summed E-state index contributed by atoms with van der Waals surface area (Å²) in [6.07, 6.45) is -0.263. The third-order valence-corrected chi connectivity index (χ3v) is 4.10. The Hall–Kier alpha value is -1.91. The van der Waals surface area contributed by atoms with E-state index in [2.05, 4.69) is 30.9 Å². The van der Waals surface area contributed by atoms with Gasteiger partial charge in [-0.3, -0.25) is 0 Å². The van der Waals surface area contributed by atoms with E-state index in [1.807, 2.05) is 6.92 Å². The summed E-state index contributed by atoms with van der Waals surface area (Å²) in [5.41, 5.74) is 3.50. The van der Waals surface area contributed by atoms with E-state index < -0.39 is 0 Å². The number of benzene rings is 1. The van der Waals surface area contributed by atoms with Crippen LogP contribution in [0, 0.1) is 13.8 Å². The van der Waals surface area contributed by atoms with Gasteiger partial charge in [-0.15, -0.1) is 0 Å². The van der Waals surface area contributed by atoms with Crippen molar-refractivity contribution in [3.05, 3.63) is 23.3 Å². The lowest BCUT2D eigenvalue weighted by molar-refractivity contribution is 0.134. The van der Waals surface area contributed by atoms with Crippen molar-refractivity contribution in [3.8, 4) is 5.75 Å². The summed E-state index contributed by atoms with van der Waals surface area (Å²) in [7, 11) is 0. The maximum Gasteiger partial charge on any atom is 0.410 e. The molecule has 0 N–H and O–H groups in total. The lowest BCUT2D eigenvalue weighted by atomic mass is 10.1. The van der Waals surface area contributed by atoms with Gasteiger partial charge in [0.15, 0.2) is 0 Å². The molecule has 1 atom stereocenters. The largest absolute Gasteiger partial charge is 0.489 e. The van der Waals surface area contributed by atoms with E-state index in [1.54, 1.807) is 4.90 Å². The number of hydrogen-bond acceptors (Lipinski definition) is 4. The second kappa shape index (κ2) is 5.47. The normalized spacial score (nSPS) is 21.1. The summed E-state index contributed by atoms with van der Waals surface area (Å²) in [6.45, 7) is 9.74. The number of cyclic esters (lactones) is 1. The number of nitrogens with zero attached hydrogens (tertiary/aromatic N) is 2. The van der Waals surface area contributed by atoms with Crippen LogP contribution in [0.3, 0.4) is 0 Å². The zero-order valence-electron chi connectivity index (χ0n) is 12.9. The molecule has 21 heavy (non-hydrogen) atoms. The van der Waals surface area contributed by atoms with Gasteiger partial charge in [0, 0.05) is 6.54 Å². The van der Waals surface area contributed by atoms with Gasteiger partial charge in [0.05, 0.1) is 25.3 Å². The van der Waals surface area contributed by atoms with Crippen molar-refractivity contribution in [2.24, 2.45) is 0 Å². The molecule has 2 aliphatic rings. The average Bonchev–Trinajstić information content (AvgIpc) is 2.79. The zero-order chi connectivity index (χ0) is 15.0. The first-order valence-corrected chi connectivity index (χ1v) is 7.53. The fraction of sp³-hybridized carbons (Fsp3) is 0.562. The van der Waals surface area contributed by atoms with Gasteiger partial charge in [-0.2, -0.15) is 0 Å². The SMILES string of the molecule is CCN1CC(CN2CCOc3c(C)cc(C)cc32)OC1=O. The van der Waals surface area contributed by atoms with Crippen molar-refractivity contribution >= 4 is 11.8 Å². The van der Waals surface area contributed by atoms with Crippen LogP contribution in [0.2, 0.25) is 0 Å². The van der Waals surface area contributed by atoms with Crippen LogP contribution in [0.1, 0.15) is 18.1 Å². The summed E-state index contributed by atoms with van der Waals surface area (Å²) < 4.78 is 11.3. The molecule has 0 radical (unpaired) electrons. The Kier molecular flexibility index (Phi) is 3.66. The maximum atomic E-state index is 11.7. The molecule has 1 fully saturated rings. The molecule has 3 rings (SSSR count). The third-order valence-electron chi connectivity index (χ3n) is 4.10. The molecule has 2 aliphatic heterocycles. The lowest BCUT2D eigenvalue weighted by Crippen LogP contribution is -2.40. The summed E-state index contributed by atoms with van der Waals surface area (Å²) in [5.74, 6) is 0.962. The third kappa shape index (κ3) is 2.64. The van der Waals surface area contributed by atoms with E-state index in [-0.39, 0.29) is 12.2 Å². The summed E-state index contributed by atoms with van der Waals surface area (Å²) in [6, 6.07) is 4.28. The maximum absolute atomic E-state index is 11.7. The van der Waals surface area contributed by atoms with Gasteiger partial charge in [-0.25, -0.2) is 4.79 Å². The van der Waals surface area contributed by atoms with Crippen LogP contribution < -0.4 is 9.64 Å². The van der Waals surface area contributed by atoms with Gasteiger partial charge in [0.1, 0.15) is 18.5 Å². The van der Waals surface area contributed by atoms with Crippen LogP contribution in [-0.4, -0.2) is 49.9 Å². The average molecular weight is 290 g/mol. The molecule has 0 bridgehead atoms. The highest BCUT2D eigenvalue weighted by Gasteiger charge is 2.32. The number of carbonyl (C=O) groups is 1. The van der Waals surface area contributed by atoms with E-state index in [9.17, 15) is 4.79 Å². The topological polar surface area (TPSA) is 42.0 Å². The molecule has 1 aromatic carbocycles. The number of amides is 1. The molecule has 114 valence electrons. The van der Waals surface area contributed by atoms with E-state index in [4.69, 9.17) is 9.47 Å². The Balaban J connectivity index is 1.78. The zero-order valence-corrected chi connectivity index (χ0v) is 12.9. The monoisotopic (exact) mass is 290 g/mol. The van der Waals surface area contributed by atoms with E-state index in [0.717, 1.165) is 30.1 Å². The van der Waals surface area contributed by atoms with Gasteiger partial charge in [-0.1, -0.05) is 6.07 Å². The van der Waals surface area contributed by atoms with Gasteiger partial charge in [0.2, 0.25) is 0 Å². The molecule has 0 saturated carbocycles. The van der Waals surface area contributed by atoms with Gasteiger partial charge < -0.3 is 19.3 Å². The number of likely N-dealkylation sites (N-methyl/N-ethyl adjacent to an activating group) is 1. The minimum Gasteiger partial charge on any atom is -0.489 e. The van der Waals surface area contributed by atoms with Crippen LogP contribution >= 0.6 is 0 Å². The molecular weight excluding hydrogens is 268 g/mol. The number of anilines is 1. The first-order valence-electron chi connectivity index (χ1n) is 7.53. The number of aryl methyl sites for hydroxylation is 2. The van der Waals surface area contributed by atoms with Crippen molar-refractivity contribution in [1.82, 2.24) is 4.90 Å². The van der Waals surface area contributed by atoms with Crippen LogP contribution in [-0.2, 0) is 4.74 Å². The highest BCUT2D eigenvalue weighted by molar-refractivity contribution is 5.70. The molecule has 1 saturated heterocycles. The van der Waals surface area contributed by atoms with Crippen molar-refractivity contribution < 1.29 is 14.3 Å². The smallest absolute Gasteiger partial charge is 0.410 e. The fourth-order valence-electron chi connectivity index (χ4n) is 3.10. The first-order chi connectivity index (χ1) is 10.1. The molecule has 0 spiro atoms.